The molecule has 0 heterocycles. The topological polar surface area (TPSA) is 0 Å². The molecule has 37 heteroatoms. The number of alkyl halides is 36. The zero-order valence-corrected chi connectivity index (χ0v) is 23.5. The van der Waals surface area contributed by atoms with Gasteiger partial charge in [-0.15, -0.1) is 0 Å². The molecule has 1 aliphatic carbocycles. The van der Waals surface area contributed by atoms with Crippen LogP contribution in [0.25, 0.3) is 0 Å². The van der Waals surface area contributed by atoms with Crippen LogP contribution in [0.15, 0.2) is 0 Å². The summed E-state index contributed by atoms with van der Waals surface area (Å²) in [5.41, 5.74) is 0. The highest BCUT2D eigenvalue weighted by atomic mass is 19.4. The molecule has 0 saturated heterocycles. The lowest BCUT2D eigenvalue weighted by Crippen LogP contribution is -2.80. The molecule has 0 aliphatic heterocycles. The molecule has 0 unspecified atom stereocenters. The van der Waals surface area contributed by atoms with Gasteiger partial charge < -0.3 is 0 Å². The number of hydrogen-bond donors (Lipinski definition) is 0. The van der Waals surface area contributed by atoms with E-state index < -0.39 is 113 Å². The molecule has 1 saturated carbocycles. The third-order valence-corrected chi connectivity index (χ3v) is 7.26. The van der Waals surface area contributed by atoms with Crippen LogP contribution in [-0.2, 0) is 0 Å². The van der Waals surface area contributed by atoms with Crippen molar-refractivity contribution in [2.75, 3.05) is 0 Å². The van der Waals surface area contributed by atoms with Crippen molar-refractivity contribution in [3.63, 3.8) is 0 Å². The van der Waals surface area contributed by atoms with E-state index in [0.717, 1.165) is 0 Å². The van der Waals surface area contributed by atoms with Crippen molar-refractivity contribution in [3.8, 4) is 0 Å². The van der Waals surface area contributed by atoms with Gasteiger partial charge in [-0.25, -0.2) is 4.39 Å². The first-order valence-electron chi connectivity index (χ1n) is 11.7. The summed E-state index contributed by atoms with van der Waals surface area (Å²) in [4.78, 5) is 0. The van der Waals surface area contributed by atoms with Crippen LogP contribution in [0.1, 0.15) is 0 Å². The van der Waals surface area contributed by atoms with Crippen LogP contribution in [0.4, 0.5) is 162 Å². The third kappa shape index (κ3) is 4.95. The van der Waals surface area contributed by atoms with E-state index in [0.29, 0.717) is 0 Å². The summed E-state index contributed by atoms with van der Waals surface area (Å²) in [5, 5.41) is 0. The van der Waals surface area contributed by atoms with Gasteiger partial charge in [0.2, 0.25) is 0 Å². The Morgan fingerprint density at radius 1 is 0.143 bits per heavy atom. The highest BCUT2D eigenvalue weighted by Gasteiger charge is 3.03. The summed E-state index contributed by atoms with van der Waals surface area (Å²) in [7, 11) is 0. The van der Waals surface area contributed by atoms with E-state index in [1.165, 1.54) is 0 Å². The summed E-state index contributed by atoms with van der Waals surface area (Å²) in [6.45, 7) is 0. The first-order valence-corrected chi connectivity index (χ1v) is 11.7. The predicted molar refractivity (Wildman–Crippen MR) is 93.4 cm³/mol. The fourth-order valence-corrected chi connectivity index (χ4v) is 3.63. The summed E-state index contributed by atoms with van der Waals surface area (Å²) in [6, 6.07) is 0. The molecule has 0 amide bonds. The Labute approximate surface area is 276 Å². The molecule has 56 heavy (non-hydrogen) atoms. The molecule has 0 N–H and O–H groups in total. The zero-order chi connectivity index (χ0) is 46.6. The van der Waals surface area contributed by atoms with Gasteiger partial charge in [0.25, 0.3) is 6.17 Å². The highest BCUT2D eigenvalue weighted by molar-refractivity contribution is 5.27. The predicted octanol–water partition coefficient (Wildman–Crippen LogP) is 11.9. The molecule has 1 rings (SSSR count). The van der Waals surface area contributed by atoms with Crippen molar-refractivity contribution in [1.29, 1.82) is 0 Å². The maximum Gasteiger partial charge on any atom is 0.385 e. The summed E-state index contributed by atoms with van der Waals surface area (Å²) < 4.78 is 512. The van der Waals surface area contributed by atoms with E-state index in [1.54, 1.807) is 0 Å². The van der Waals surface area contributed by atoms with Gasteiger partial charge in [0.1, 0.15) is 0 Å². The maximum absolute atomic E-state index is 13.8. The number of rotatable bonds is 0. The van der Waals surface area contributed by atoms with Gasteiger partial charge in [-0.05, 0) is 0 Å². The second kappa shape index (κ2) is 11.8. The molecule has 1 fully saturated rings. The largest absolute Gasteiger partial charge is 0.385 e. The van der Waals surface area contributed by atoms with Gasteiger partial charge >= 0.3 is 107 Å². The van der Waals surface area contributed by atoms with Crippen LogP contribution in [0.2, 0.25) is 0 Å². The molecule has 0 spiro atoms. The molecule has 0 aromatic heterocycles. The fourth-order valence-electron chi connectivity index (χ4n) is 3.63. The normalized spacial score (nSPS) is 33.8. The lowest BCUT2D eigenvalue weighted by Gasteiger charge is -2.47. The maximum atomic E-state index is 13.8. The Morgan fingerprint density at radius 3 is 0.304 bits per heavy atom. The van der Waals surface area contributed by atoms with E-state index in [-0.39, 0.29) is 0 Å². The van der Waals surface area contributed by atoms with Gasteiger partial charge in [0, 0.05) is 0 Å². The Kier molecular flexibility index (Phi) is 10.8. The van der Waals surface area contributed by atoms with Crippen LogP contribution in [0.3, 0.4) is 0 Å². The van der Waals surface area contributed by atoms with E-state index in [4.69, 9.17) is 0 Å². The molecule has 0 atom stereocenters. The van der Waals surface area contributed by atoms with Crippen LogP contribution in [0.5, 0.6) is 0 Å². The van der Waals surface area contributed by atoms with Gasteiger partial charge in [0.15, 0.2) is 0 Å². The van der Waals surface area contributed by atoms with Gasteiger partial charge in [-0.1, -0.05) is 0 Å². The number of halogens is 37. The lowest BCUT2D eigenvalue weighted by molar-refractivity contribution is -0.490. The molecule has 1 radical (unpaired) electrons. The van der Waals surface area contributed by atoms with Crippen LogP contribution in [0, 0.1) is 6.17 Å². The van der Waals surface area contributed by atoms with E-state index >= 15 is 0 Å². The van der Waals surface area contributed by atoms with Crippen molar-refractivity contribution >= 4 is 0 Å². The van der Waals surface area contributed by atoms with E-state index in [2.05, 4.69) is 0 Å². The minimum atomic E-state index is -10.4. The summed E-state index contributed by atoms with van der Waals surface area (Å²) in [6.07, 6.45) is -7.26. The third-order valence-electron chi connectivity index (χ3n) is 7.26. The van der Waals surface area contributed by atoms with Crippen molar-refractivity contribution in [2.24, 2.45) is 0 Å². The van der Waals surface area contributed by atoms with E-state index in [9.17, 15) is 162 Å². The van der Waals surface area contributed by atoms with Crippen molar-refractivity contribution in [2.45, 2.75) is 107 Å². The lowest BCUT2D eigenvalue weighted by atomic mass is 9.82. The molecule has 1 aliphatic rings. The average Bonchev–Trinajstić information content (AvgIpc) is 2.98. The minimum Gasteiger partial charge on any atom is -0.226 e. The smallest absolute Gasteiger partial charge is 0.226 e. The molecular formula is C19F37. The first kappa shape index (κ1) is 51.4. The standard InChI is InChI=1S/C19F37/c20-1-2(21,22)4(25,26)6(29,30)8(33,34)10(37,38)12(41,42)14(45,46)16(49,50)18(53,54)19(55,56)17(51,52)15(47,48)13(43,44)11(39,40)9(35,36)7(31,32)5(27,28)3(1,23)24. The summed E-state index contributed by atoms with van der Waals surface area (Å²) in [5.74, 6) is -184. The Balaban J connectivity index is 4.92. The second-order valence-corrected chi connectivity index (χ2v) is 10.7. The molecule has 0 nitrogen and oxygen atoms in total. The van der Waals surface area contributed by atoms with Crippen LogP contribution < -0.4 is 0 Å². The Morgan fingerprint density at radius 2 is 0.214 bits per heavy atom. The first-order chi connectivity index (χ1) is 23.4. The SMILES string of the molecule is F[C]1C(F)(F)C(F)(F)C(F)(F)C(F)(F)C(F)(F)C(F)(F)C(F)(F)C(F)(F)C(F)(F)C(F)(F)C(F)(F)C(F)(F)C(F)(F)C(F)(F)C(F)(F)C(F)(F)C(F)(F)C1(F)F. The molecule has 0 bridgehead atoms. The minimum absolute atomic E-state index is 7.26. The molecule has 0 aromatic carbocycles. The molecule has 335 valence electrons. The molecule has 0 aromatic rings. The fraction of sp³-hybridized carbons (Fsp3) is 0.947. The zero-order valence-electron chi connectivity index (χ0n) is 23.5. The van der Waals surface area contributed by atoms with Crippen LogP contribution >= 0.6 is 0 Å². The van der Waals surface area contributed by atoms with Gasteiger partial charge in [0.05, 0.1) is 0 Å². The average molecular weight is 931 g/mol. The van der Waals surface area contributed by atoms with Gasteiger partial charge in [-0.2, -0.15) is 158 Å². The quantitative estimate of drug-likeness (QED) is 0.212. The van der Waals surface area contributed by atoms with Crippen molar-refractivity contribution in [1.82, 2.24) is 0 Å². The molecular weight excluding hydrogens is 931 g/mol. The van der Waals surface area contributed by atoms with Crippen LogP contribution in [-0.4, -0.2) is 107 Å². The van der Waals surface area contributed by atoms with E-state index in [1.807, 2.05) is 0 Å². The highest BCUT2D eigenvalue weighted by Crippen LogP contribution is 2.72. The Bertz CT molecular complexity index is 1380. The monoisotopic (exact) mass is 931 g/mol. The number of hydrogen-bond acceptors (Lipinski definition) is 0. The van der Waals surface area contributed by atoms with Crippen molar-refractivity contribution in [3.05, 3.63) is 6.17 Å². The second-order valence-electron chi connectivity index (χ2n) is 10.7. The van der Waals surface area contributed by atoms with Crippen molar-refractivity contribution < 1.29 is 162 Å². The summed E-state index contributed by atoms with van der Waals surface area (Å²) >= 11 is 0. The Hall–Kier alpha value is -2.59. The van der Waals surface area contributed by atoms with Gasteiger partial charge in [-0.3, -0.25) is 0 Å².